The first-order chi connectivity index (χ1) is 6.38. The van der Waals surface area contributed by atoms with E-state index in [0.717, 1.165) is 18.4 Å². The predicted molar refractivity (Wildman–Crippen MR) is 65.6 cm³/mol. The lowest BCUT2D eigenvalue weighted by Gasteiger charge is -2.31. The number of hydrogen-bond acceptors (Lipinski definition) is 1. The molecule has 0 aromatic heterocycles. The highest BCUT2D eigenvalue weighted by Gasteiger charge is 2.23. The van der Waals surface area contributed by atoms with Crippen molar-refractivity contribution in [1.82, 2.24) is 5.32 Å². The molecule has 0 aliphatic heterocycles. The monoisotopic (exact) mass is 199 g/mol. The van der Waals surface area contributed by atoms with Crippen LogP contribution in [0.3, 0.4) is 0 Å². The van der Waals surface area contributed by atoms with E-state index in [1.165, 1.54) is 19.3 Å². The Morgan fingerprint density at radius 3 is 2.00 bits per heavy atom. The molecule has 1 heteroatoms. The van der Waals surface area contributed by atoms with Crippen LogP contribution in [0.1, 0.15) is 53.9 Å². The molecule has 14 heavy (non-hydrogen) atoms. The van der Waals surface area contributed by atoms with Gasteiger partial charge in [0.1, 0.15) is 0 Å². The van der Waals surface area contributed by atoms with Crippen LogP contribution in [0.15, 0.2) is 0 Å². The van der Waals surface area contributed by atoms with Crippen molar-refractivity contribution in [3.63, 3.8) is 0 Å². The lowest BCUT2D eigenvalue weighted by molar-refractivity contribution is 0.214. The molecule has 0 aromatic rings. The number of rotatable bonds is 6. The SMILES string of the molecule is CNCC(CCCC(C)C)C(C)(C)C. The molecular weight excluding hydrogens is 170 g/mol. The summed E-state index contributed by atoms with van der Waals surface area (Å²) in [6.45, 7) is 12.8. The Morgan fingerprint density at radius 1 is 1.07 bits per heavy atom. The van der Waals surface area contributed by atoms with Crippen molar-refractivity contribution in [2.24, 2.45) is 17.3 Å². The molecule has 0 aliphatic carbocycles. The first kappa shape index (κ1) is 14.0. The maximum Gasteiger partial charge on any atom is -0.00185 e. The Kier molecular flexibility index (Phi) is 6.43. The topological polar surface area (TPSA) is 12.0 Å². The van der Waals surface area contributed by atoms with Crippen molar-refractivity contribution in [3.05, 3.63) is 0 Å². The van der Waals surface area contributed by atoms with E-state index in [-0.39, 0.29) is 0 Å². The molecule has 0 saturated heterocycles. The molecule has 0 amide bonds. The van der Waals surface area contributed by atoms with Crippen LogP contribution in [0.2, 0.25) is 0 Å². The van der Waals surface area contributed by atoms with Crippen LogP contribution in [0.25, 0.3) is 0 Å². The average molecular weight is 199 g/mol. The van der Waals surface area contributed by atoms with Gasteiger partial charge in [0.25, 0.3) is 0 Å². The maximum absolute atomic E-state index is 3.31. The molecular formula is C13H29N. The minimum Gasteiger partial charge on any atom is -0.319 e. The van der Waals surface area contributed by atoms with Crippen molar-refractivity contribution in [3.8, 4) is 0 Å². The highest BCUT2D eigenvalue weighted by Crippen LogP contribution is 2.30. The van der Waals surface area contributed by atoms with Gasteiger partial charge in [-0.3, -0.25) is 0 Å². The van der Waals surface area contributed by atoms with E-state index in [9.17, 15) is 0 Å². The molecule has 0 bridgehead atoms. The fourth-order valence-corrected chi connectivity index (χ4v) is 1.86. The molecule has 86 valence electrons. The van der Waals surface area contributed by atoms with E-state index >= 15 is 0 Å². The third-order valence-electron chi connectivity index (χ3n) is 3.01. The fraction of sp³-hybridized carbons (Fsp3) is 1.00. The normalized spacial score (nSPS) is 14.8. The van der Waals surface area contributed by atoms with Crippen molar-refractivity contribution in [2.45, 2.75) is 53.9 Å². The van der Waals surface area contributed by atoms with Gasteiger partial charge in [-0.1, -0.05) is 47.5 Å². The Balaban J connectivity index is 3.86. The zero-order valence-corrected chi connectivity index (χ0v) is 11.0. The Bertz CT molecular complexity index is 133. The molecule has 1 nitrogen and oxygen atoms in total. The summed E-state index contributed by atoms with van der Waals surface area (Å²) in [6.07, 6.45) is 4.11. The van der Waals surface area contributed by atoms with Gasteiger partial charge < -0.3 is 5.32 Å². The van der Waals surface area contributed by atoms with E-state index in [1.54, 1.807) is 0 Å². The minimum absolute atomic E-state index is 0.444. The molecule has 0 aromatic carbocycles. The van der Waals surface area contributed by atoms with Crippen molar-refractivity contribution < 1.29 is 0 Å². The van der Waals surface area contributed by atoms with Gasteiger partial charge in [0, 0.05) is 0 Å². The van der Waals surface area contributed by atoms with Gasteiger partial charge in [0.2, 0.25) is 0 Å². The van der Waals surface area contributed by atoms with Crippen LogP contribution < -0.4 is 5.32 Å². The molecule has 0 radical (unpaired) electrons. The van der Waals surface area contributed by atoms with Crippen LogP contribution in [-0.2, 0) is 0 Å². The molecule has 0 rings (SSSR count). The van der Waals surface area contributed by atoms with E-state index in [2.05, 4.69) is 47.0 Å². The Labute approximate surface area is 90.7 Å². The molecule has 0 aliphatic rings. The van der Waals surface area contributed by atoms with Crippen LogP contribution in [0.5, 0.6) is 0 Å². The molecule has 1 atom stereocenters. The van der Waals surface area contributed by atoms with E-state index < -0.39 is 0 Å². The summed E-state index contributed by atoms with van der Waals surface area (Å²) in [5.41, 5.74) is 0.444. The summed E-state index contributed by atoms with van der Waals surface area (Å²) in [7, 11) is 2.06. The van der Waals surface area contributed by atoms with Gasteiger partial charge in [0.05, 0.1) is 0 Å². The highest BCUT2D eigenvalue weighted by atomic mass is 14.8. The lowest BCUT2D eigenvalue weighted by atomic mass is 9.77. The van der Waals surface area contributed by atoms with Crippen LogP contribution in [-0.4, -0.2) is 13.6 Å². The zero-order valence-electron chi connectivity index (χ0n) is 11.0. The maximum atomic E-state index is 3.31. The van der Waals surface area contributed by atoms with Gasteiger partial charge in [0.15, 0.2) is 0 Å². The molecule has 0 fully saturated rings. The molecule has 1 N–H and O–H groups in total. The van der Waals surface area contributed by atoms with Gasteiger partial charge in [-0.05, 0) is 37.3 Å². The molecule has 0 spiro atoms. The molecule has 0 heterocycles. The van der Waals surface area contributed by atoms with Gasteiger partial charge >= 0.3 is 0 Å². The molecule has 1 unspecified atom stereocenters. The van der Waals surface area contributed by atoms with Crippen LogP contribution in [0, 0.1) is 17.3 Å². The lowest BCUT2D eigenvalue weighted by Crippen LogP contribution is -2.30. The second-order valence-corrected chi connectivity index (χ2v) is 5.95. The second-order valence-electron chi connectivity index (χ2n) is 5.95. The first-order valence-electron chi connectivity index (χ1n) is 6.02. The summed E-state index contributed by atoms with van der Waals surface area (Å²) in [4.78, 5) is 0. The summed E-state index contributed by atoms with van der Waals surface area (Å²) < 4.78 is 0. The quantitative estimate of drug-likeness (QED) is 0.688. The van der Waals surface area contributed by atoms with Crippen LogP contribution in [0.4, 0.5) is 0 Å². The third kappa shape index (κ3) is 6.42. The minimum atomic E-state index is 0.444. The second kappa shape index (κ2) is 6.44. The summed E-state index contributed by atoms with van der Waals surface area (Å²) in [5, 5.41) is 3.31. The third-order valence-corrected chi connectivity index (χ3v) is 3.01. The predicted octanol–water partition coefficient (Wildman–Crippen LogP) is 3.69. The Hall–Kier alpha value is -0.0400. The van der Waals surface area contributed by atoms with E-state index in [0.29, 0.717) is 5.41 Å². The van der Waals surface area contributed by atoms with Gasteiger partial charge in [-0.25, -0.2) is 0 Å². The van der Waals surface area contributed by atoms with Gasteiger partial charge in [-0.15, -0.1) is 0 Å². The Morgan fingerprint density at radius 2 is 1.64 bits per heavy atom. The standard InChI is InChI=1S/C13H29N/c1-11(2)8-7-9-12(10-14-6)13(3,4)5/h11-12,14H,7-10H2,1-6H3. The van der Waals surface area contributed by atoms with Crippen molar-refractivity contribution >= 4 is 0 Å². The van der Waals surface area contributed by atoms with Crippen molar-refractivity contribution in [2.75, 3.05) is 13.6 Å². The summed E-state index contributed by atoms with van der Waals surface area (Å²) in [5.74, 6) is 1.66. The van der Waals surface area contributed by atoms with E-state index in [4.69, 9.17) is 0 Å². The van der Waals surface area contributed by atoms with Crippen molar-refractivity contribution in [1.29, 1.82) is 0 Å². The largest absolute Gasteiger partial charge is 0.319 e. The average Bonchev–Trinajstić information content (AvgIpc) is 2.00. The van der Waals surface area contributed by atoms with Crippen LogP contribution >= 0.6 is 0 Å². The molecule has 0 saturated carbocycles. The highest BCUT2D eigenvalue weighted by molar-refractivity contribution is 4.75. The first-order valence-corrected chi connectivity index (χ1v) is 6.02. The smallest absolute Gasteiger partial charge is 0.00185 e. The zero-order chi connectivity index (χ0) is 11.2. The summed E-state index contributed by atoms with van der Waals surface area (Å²) in [6, 6.07) is 0. The van der Waals surface area contributed by atoms with Gasteiger partial charge in [-0.2, -0.15) is 0 Å². The fourth-order valence-electron chi connectivity index (χ4n) is 1.86. The number of nitrogens with one attached hydrogen (secondary N) is 1. The summed E-state index contributed by atoms with van der Waals surface area (Å²) >= 11 is 0. The number of hydrogen-bond donors (Lipinski definition) is 1. The van der Waals surface area contributed by atoms with E-state index in [1.807, 2.05) is 0 Å².